The Morgan fingerprint density at radius 3 is 2.58 bits per heavy atom. The first-order chi connectivity index (χ1) is 18.8. The number of benzene rings is 2. The van der Waals surface area contributed by atoms with E-state index in [1.165, 1.54) is 6.07 Å². The summed E-state index contributed by atoms with van der Waals surface area (Å²) in [6.45, 7) is 4.46. The smallest absolute Gasteiger partial charge is 0.267 e. The molecule has 0 bridgehead atoms. The first kappa shape index (κ1) is 24.0. The number of aromatic nitrogens is 4. The summed E-state index contributed by atoms with van der Waals surface area (Å²) < 4.78 is 16.2. The first-order valence-electron chi connectivity index (χ1n) is 13.2. The van der Waals surface area contributed by atoms with Gasteiger partial charge in [-0.15, -0.1) is 0 Å². The maximum atomic E-state index is 12.8. The van der Waals surface area contributed by atoms with Gasteiger partial charge in [-0.25, -0.2) is 14.6 Å². The molecule has 8 nitrogen and oxygen atoms in total. The molecule has 8 heteroatoms. The fourth-order valence-electron chi connectivity index (χ4n) is 4.54. The van der Waals surface area contributed by atoms with Crippen LogP contribution in [0.1, 0.15) is 38.3 Å². The van der Waals surface area contributed by atoms with E-state index in [9.17, 15) is 10.1 Å². The molecule has 4 aromatic rings. The van der Waals surface area contributed by atoms with Crippen LogP contribution in [0.4, 0.5) is 0 Å². The SMILES string of the molecule is [2H][C@](C)(c1cccc(-c2ncc(OCC3CCN(C)CC3)cn2)c1)n1nc(-c2cccc(C#N)c2)ccc1=O. The van der Waals surface area contributed by atoms with Crippen molar-refractivity contribution in [3.63, 3.8) is 0 Å². The highest BCUT2D eigenvalue weighted by Gasteiger charge is 2.18. The van der Waals surface area contributed by atoms with Crippen LogP contribution in [0.3, 0.4) is 0 Å². The average molecular weight is 508 g/mol. The van der Waals surface area contributed by atoms with Gasteiger partial charge in [-0.2, -0.15) is 10.4 Å². The predicted octanol–water partition coefficient (Wildman–Crippen LogP) is 4.57. The highest BCUT2D eigenvalue weighted by atomic mass is 16.5. The lowest BCUT2D eigenvalue weighted by Gasteiger charge is -2.28. The van der Waals surface area contributed by atoms with Crippen LogP contribution >= 0.6 is 0 Å². The number of nitriles is 1. The summed E-state index contributed by atoms with van der Waals surface area (Å²) in [5.74, 6) is 1.67. The van der Waals surface area contributed by atoms with E-state index in [4.69, 9.17) is 6.11 Å². The molecular weight excluding hydrogens is 476 g/mol. The molecule has 3 heterocycles. The van der Waals surface area contributed by atoms with Crippen molar-refractivity contribution in [3.8, 4) is 34.5 Å². The monoisotopic (exact) mass is 507 g/mol. The lowest BCUT2D eigenvalue weighted by molar-refractivity contribution is 0.159. The molecule has 5 rings (SSSR count). The molecule has 0 radical (unpaired) electrons. The van der Waals surface area contributed by atoms with Crippen molar-refractivity contribution in [3.05, 3.63) is 94.5 Å². The van der Waals surface area contributed by atoms with Crippen LogP contribution in [-0.2, 0) is 0 Å². The van der Waals surface area contributed by atoms with E-state index >= 15 is 0 Å². The van der Waals surface area contributed by atoms with E-state index in [0.717, 1.165) is 36.2 Å². The molecule has 192 valence electrons. The largest absolute Gasteiger partial charge is 0.490 e. The molecule has 1 aliphatic heterocycles. The number of rotatable bonds is 7. The summed E-state index contributed by atoms with van der Waals surface area (Å²) in [6.07, 6.45) is 5.60. The summed E-state index contributed by atoms with van der Waals surface area (Å²) in [5.41, 5.74) is 2.56. The van der Waals surface area contributed by atoms with Crippen molar-refractivity contribution in [1.29, 1.82) is 5.26 Å². The summed E-state index contributed by atoms with van der Waals surface area (Å²) in [4.78, 5) is 24.1. The second-order valence-corrected chi connectivity index (χ2v) is 9.63. The van der Waals surface area contributed by atoms with Crippen molar-refractivity contribution >= 4 is 0 Å². The molecule has 2 aromatic carbocycles. The third-order valence-electron chi connectivity index (χ3n) is 6.90. The lowest BCUT2D eigenvalue weighted by Crippen LogP contribution is -2.32. The van der Waals surface area contributed by atoms with Crippen molar-refractivity contribution in [2.75, 3.05) is 26.7 Å². The third-order valence-corrected chi connectivity index (χ3v) is 6.90. The third kappa shape index (κ3) is 5.79. The molecule has 0 aliphatic carbocycles. The van der Waals surface area contributed by atoms with Gasteiger partial charge in [0, 0.05) is 17.2 Å². The van der Waals surface area contributed by atoms with Crippen LogP contribution < -0.4 is 10.3 Å². The number of hydrogen-bond donors (Lipinski definition) is 0. The standard InChI is InChI=1S/C30H30N6O2/c1-21(36-29(37)10-9-28(34-36)25-7-3-5-23(15-25)17-31)24-6-4-8-26(16-24)30-32-18-27(19-33-30)38-20-22-11-13-35(2)14-12-22/h3-10,15-16,18-19,21-22H,11-14,20H2,1-2H3/t21-/m0/s1/i21D. The Kier molecular flexibility index (Phi) is 7.18. The number of piperidine rings is 1. The van der Waals surface area contributed by atoms with E-state index in [-0.39, 0.29) is 0 Å². The number of ether oxygens (including phenoxy) is 1. The van der Waals surface area contributed by atoms with Crippen LogP contribution in [0, 0.1) is 17.2 Å². The summed E-state index contributed by atoms with van der Waals surface area (Å²) in [7, 11) is 2.14. The zero-order valence-corrected chi connectivity index (χ0v) is 21.5. The average Bonchev–Trinajstić information content (AvgIpc) is 2.97. The molecule has 38 heavy (non-hydrogen) atoms. The van der Waals surface area contributed by atoms with Gasteiger partial charge in [0.15, 0.2) is 11.6 Å². The molecule has 2 aromatic heterocycles. The van der Waals surface area contributed by atoms with Gasteiger partial charge in [0.25, 0.3) is 5.56 Å². The Bertz CT molecular complexity index is 1550. The van der Waals surface area contributed by atoms with Crippen LogP contribution in [0.25, 0.3) is 22.6 Å². The van der Waals surface area contributed by atoms with Crippen molar-refractivity contribution in [2.24, 2.45) is 5.92 Å². The number of nitrogens with zero attached hydrogens (tertiary/aromatic N) is 6. The minimum Gasteiger partial charge on any atom is -0.490 e. The van der Waals surface area contributed by atoms with Gasteiger partial charge in [-0.1, -0.05) is 30.3 Å². The Labute approximate surface area is 223 Å². The molecule has 0 amide bonds. The Balaban J connectivity index is 1.36. The van der Waals surface area contributed by atoms with Gasteiger partial charge in [-0.3, -0.25) is 4.79 Å². The summed E-state index contributed by atoms with van der Waals surface area (Å²) >= 11 is 0. The van der Waals surface area contributed by atoms with E-state index in [1.54, 1.807) is 55.7 Å². The van der Waals surface area contributed by atoms with Crippen LogP contribution in [0.2, 0.25) is 0 Å². The fraction of sp³-hybridized carbons (Fsp3) is 0.300. The summed E-state index contributed by atoms with van der Waals surface area (Å²) in [6, 6.07) is 17.9. The Morgan fingerprint density at radius 1 is 1.08 bits per heavy atom. The zero-order valence-electron chi connectivity index (χ0n) is 22.5. The Hall–Kier alpha value is -4.35. The van der Waals surface area contributed by atoms with E-state index < -0.39 is 11.6 Å². The second kappa shape index (κ2) is 11.4. The van der Waals surface area contributed by atoms with Crippen LogP contribution in [-0.4, -0.2) is 51.4 Å². The van der Waals surface area contributed by atoms with Gasteiger partial charge < -0.3 is 9.64 Å². The minimum absolute atomic E-state index is 0.402. The van der Waals surface area contributed by atoms with E-state index in [0.29, 0.717) is 46.5 Å². The van der Waals surface area contributed by atoms with Gasteiger partial charge in [0.2, 0.25) is 0 Å². The molecule has 1 saturated heterocycles. The highest BCUT2D eigenvalue weighted by molar-refractivity contribution is 5.61. The quantitative estimate of drug-likeness (QED) is 0.361. The molecule has 0 spiro atoms. The minimum atomic E-state index is -1.51. The second-order valence-electron chi connectivity index (χ2n) is 9.63. The lowest BCUT2D eigenvalue weighted by atomic mass is 9.98. The van der Waals surface area contributed by atoms with E-state index in [2.05, 4.69) is 33.1 Å². The van der Waals surface area contributed by atoms with E-state index in [1.807, 2.05) is 18.2 Å². The normalized spacial score (nSPS) is 16.3. The highest BCUT2D eigenvalue weighted by Crippen LogP contribution is 2.24. The maximum absolute atomic E-state index is 12.8. The molecule has 0 unspecified atom stereocenters. The number of likely N-dealkylation sites (tertiary alicyclic amines) is 1. The zero-order chi connectivity index (χ0) is 27.4. The number of hydrogen-bond acceptors (Lipinski definition) is 7. The van der Waals surface area contributed by atoms with Crippen LogP contribution in [0.5, 0.6) is 5.75 Å². The topological polar surface area (TPSA) is 96.9 Å². The maximum Gasteiger partial charge on any atom is 0.267 e. The van der Waals surface area contributed by atoms with Crippen LogP contribution in [0.15, 0.2) is 77.9 Å². The molecular formula is C30H30N6O2. The molecule has 1 aliphatic rings. The van der Waals surface area contributed by atoms with Gasteiger partial charge in [0.05, 0.1) is 43.7 Å². The van der Waals surface area contributed by atoms with Gasteiger partial charge >= 0.3 is 0 Å². The first-order valence-corrected chi connectivity index (χ1v) is 12.7. The van der Waals surface area contributed by atoms with Gasteiger partial charge in [0.1, 0.15) is 0 Å². The molecule has 1 atom stereocenters. The molecule has 1 fully saturated rings. The molecule has 0 N–H and O–H groups in total. The Morgan fingerprint density at radius 2 is 1.82 bits per heavy atom. The van der Waals surface area contributed by atoms with Gasteiger partial charge in [-0.05, 0) is 75.6 Å². The van der Waals surface area contributed by atoms with Crippen molar-refractivity contribution < 1.29 is 6.11 Å². The molecule has 0 saturated carbocycles. The predicted molar refractivity (Wildman–Crippen MR) is 146 cm³/mol. The van der Waals surface area contributed by atoms with Crippen molar-refractivity contribution in [1.82, 2.24) is 24.6 Å². The fourth-order valence-corrected chi connectivity index (χ4v) is 4.54. The summed E-state index contributed by atoms with van der Waals surface area (Å²) in [5, 5.41) is 13.7. The van der Waals surface area contributed by atoms with Crippen molar-refractivity contribution in [2.45, 2.75) is 25.8 Å².